The molecule has 25 heavy (non-hydrogen) atoms. The normalized spacial score (nSPS) is 14.3. The number of carbonyl (C=O) groups excluding carboxylic acids is 1. The number of nitrogens with one attached hydrogen (secondary N) is 1. The average molecular weight is 339 g/mol. The molecule has 3 rings (SSSR count). The number of rotatable bonds is 7. The first-order valence-electron chi connectivity index (χ1n) is 8.92. The van der Waals surface area contributed by atoms with E-state index in [0.717, 1.165) is 24.3 Å². The minimum Gasteiger partial charge on any atom is -0.491 e. The highest BCUT2D eigenvalue weighted by Crippen LogP contribution is 2.25. The molecule has 0 bridgehead atoms. The lowest BCUT2D eigenvalue weighted by molar-refractivity contribution is -0.123. The summed E-state index contributed by atoms with van der Waals surface area (Å²) in [5.41, 5.74) is 2.77. The van der Waals surface area contributed by atoms with Gasteiger partial charge in [-0.25, -0.2) is 0 Å². The largest absolute Gasteiger partial charge is 0.491 e. The summed E-state index contributed by atoms with van der Waals surface area (Å²) in [5.74, 6) is 1.43. The van der Waals surface area contributed by atoms with Crippen LogP contribution in [0, 0.1) is 0 Å². The topological polar surface area (TPSA) is 47.6 Å². The second-order valence-electron chi connectivity index (χ2n) is 6.52. The van der Waals surface area contributed by atoms with E-state index in [4.69, 9.17) is 9.47 Å². The summed E-state index contributed by atoms with van der Waals surface area (Å²) in [4.78, 5) is 12.0. The first-order chi connectivity index (χ1) is 12.2. The molecule has 132 valence electrons. The van der Waals surface area contributed by atoms with Crippen LogP contribution in [0.15, 0.2) is 48.5 Å². The Hall–Kier alpha value is -2.49. The van der Waals surface area contributed by atoms with Crippen LogP contribution >= 0.6 is 0 Å². The van der Waals surface area contributed by atoms with E-state index in [2.05, 4.69) is 17.4 Å². The number of ether oxygens (including phenoxy) is 2. The van der Waals surface area contributed by atoms with Crippen LogP contribution < -0.4 is 14.8 Å². The molecule has 0 saturated carbocycles. The minimum atomic E-state index is -0.137. The van der Waals surface area contributed by atoms with E-state index < -0.39 is 0 Å². The molecule has 1 aliphatic carbocycles. The molecule has 1 unspecified atom stereocenters. The molecule has 4 nitrogen and oxygen atoms in total. The highest BCUT2D eigenvalue weighted by Gasteiger charge is 2.12. The molecular formula is C21H25NO3. The Kier molecular flexibility index (Phi) is 5.94. The zero-order chi connectivity index (χ0) is 17.5. The number of fused-ring (bicyclic) bond motifs is 1. The summed E-state index contributed by atoms with van der Waals surface area (Å²) in [7, 11) is 0. The Labute approximate surface area is 149 Å². The number of amides is 1. The Bertz CT molecular complexity index is 700. The Morgan fingerprint density at radius 1 is 1.00 bits per heavy atom. The fraction of sp³-hybridized carbons (Fsp3) is 0.381. The van der Waals surface area contributed by atoms with Gasteiger partial charge in [0.2, 0.25) is 0 Å². The Morgan fingerprint density at radius 3 is 2.56 bits per heavy atom. The van der Waals surface area contributed by atoms with Gasteiger partial charge in [0.1, 0.15) is 18.1 Å². The van der Waals surface area contributed by atoms with Crippen LogP contribution in [0.3, 0.4) is 0 Å². The number of carbonyl (C=O) groups is 1. The van der Waals surface area contributed by atoms with E-state index in [1.54, 1.807) is 0 Å². The molecule has 0 aliphatic heterocycles. The van der Waals surface area contributed by atoms with Gasteiger partial charge < -0.3 is 14.8 Å². The first-order valence-corrected chi connectivity index (χ1v) is 8.92. The van der Waals surface area contributed by atoms with Gasteiger partial charge in [0.05, 0.1) is 6.04 Å². The standard InChI is InChI=1S/C21H25NO3/c1-16(14-24-19-9-3-2-4-10-19)22-21(23)15-25-20-12-11-17-7-5-6-8-18(17)13-20/h2-4,9-13,16H,5-8,14-15H2,1H3,(H,22,23). The van der Waals surface area contributed by atoms with E-state index >= 15 is 0 Å². The number of hydrogen-bond donors (Lipinski definition) is 1. The summed E-state index contributed by atoms with van der Waals surface area (Å²) in [6, 6.07) is 15.6. The van der Waals surface area contributed by atoms with Crippen molar-refractivity contribution in [1.82, 2.24) is 5.32 Å². The van der Waals surface area contributed by atoms with Crippen LogP contribution in [0.5, 0.6) is 11.5 Å². The molecule has 1 amide bonds. The Morgan fingerprint density at radius 2 is 1.76 bits per heavy atom. The van der Waals surface area contributed by atoms with Crippen molar-refractivity contribution >= 4 is 5.91 Å². The molecular weight excluding hydrogens is 314 g/mol. The highest BCUT2D eigenvalue weighted by atomic mass is 16.5. The molecule has 1 N–H and O–H groups in total. The summed E-state index contributed by atoms with van der Waals surface area (Å²) < 4.78 is 11.3. The van der Waals surface area contributed by atoms with Gasteiger partial charge in [-0.15, -0.1) is 0 Å². The van der Waals surface area contributed by atoms with Crippen molar-refractivity contribution in [3.05, 3.63) is 59.7 Å². The molecule has 1 atom stereocenters. The third-order valence-electron chi connectivity index (χ3n) is 4.34. The van der Waals surface area contributed by atoms with Crippen LogP contribution in [-0.4, -0.2) is 25.2 Å². The van der Waals surface area contributed by atoms with Crippen molar-refractivity contribution in [2.45, 2.75) is 38.6 Å². The lowest BCUT2D eigenvalue weighted by atomic mass is 9.92. The number of para-hydroxylation sites is 1. The van der Waals surface area contributed by atoms with Crippen LogP contribution in [0.4, 0.5) is 0 Å². The van der Waals surface area contributed by atoms with E-state index in [9.17, 15) is 4.79 Å². The highest BCUT2D eigenvalue weighted by molar-refractivity contribution is 5.77. The average Bonchev–Trinajstić information content (AvgIpc) is 2.65. The quantitative estimate of drug-likeness (QED) is 0.839. The van der Waals surface area contributed by atoms with Gasteiger partial charge in [-0.1, -0.05) is 24.3 Å². The van der Waals surface area contributed by atoms with Crippen molar-refractivity contribution in [3.8, 4) is 11.5 Å². The molecule has 0 radical (unpaired) electrons. The molecule has 0 spiro atoms. The summed E-state index contributed by atoms with van der Waals surface area (Å²) in [6.45, 7) is 2.36. The Balaban J connectivity index is 1.41. The number of hydrogen-bond acceptors (Lipinski definition) is 3. The summed E-state index contributed by atoms with van der Waals surface area (Å²) >= 11 is 0. The zero-order valence-electron chi connectivity index (χ0n) is 14.7. The number of aryl methyl sites for hydroxylation is 2. The van der Waals surface area contributed by atoms with Crippen molar-refractivity contribution in [2.75, 3.05) is 13.2 Å². The monoisotopic (exact) mass is 339 g/mol. The van der Waals surface area contributed by atoms with Crippen LogP contribution in [0.1, 0.15) is 30.9 Å². The van der Waals surface area contributed by atoms with Gasteiger partial charge in [0.15, 0.2) is 6.61 Å². The smallest absolute Gasteiger partial charge is 0.258 e. The molecule has 0 heterocycles. The van der Waals surface area contributed by atoms with Gasteiger partial charge in [-0.3, -0.25) is 4.79 Å². The molecule has 2 aromatic rings. The summed E-state index contributed by atoms with van der Waals surface area (Å²) in [6.07, 6.45) is 4.75. The SMILES string of the molecule is CC(COc1ccccc1)NC(=O)COc1ccc2c(c1)CCCC2. The summed E-state index contributed by atoms with van der Waals surface area (Å²) in [5, 5.41) is 2.89. The van der Waals surface area contributed by atoms with Crippen molar-refractivity contribution < 1.29 is 14.3 Å². The van der Waals surface area contributed by atoms with E-state index in [1.807, 2.05) is 43.3 Å². The molecule has 4 heteroatoms. The molecule has 0 saturated heterocycles. The van der Waals surface area contributed by atoms with E-state index in [0.29, 0.717) is 6.61 Å². The van der Waals surface area contributed by atoms with Crippen molar-refractivity contribution in [1.29, 1.82) is 0 Å². The predicted molar refractivity (Wildman–Crippen MR) is 98.1 cm³/mol. The van der Waals surface area contributed by atoms with E-state index in [1.165, 1.54) is 24.0 Å². The van der Waals surface area contributed by atoms with Crippen LogP contribution in [-0.2, 0) is 17.6 Å². The van der Waals surface area contributed by atoms with Crippen molar-refractivity contribution in [3.63, 3.8) is 0 Å². The maximum Gasteiger partial charge on any atom is 0.258 e. The molecule has 1 aliphatic rings. The van der Waals surface area contributed by atoms with Gasteiger partial charge in [0.25, 0.3) is 5.91 Å². The lowest BCUT2D eigenvalue weighted by Gasteiger charge is -2.17. The second kappa shape index (κ2) is 8.56. The van der Waals surface area contributed by atoms with E-state index in [-0.39, 0.29) is 18.6 Å². The zero-order valence-corrected chi connectivity index (χ0v) is 14.7. The number of benzene rings is 2. The predicted octanol–water partition coefficient (Wildman–Crippen LogP) is 3.53. The fourth-order valence-electron chi connectivity index (χ4n) is 3.04. The minimum absolute atomic E-state index is 0.0223. The van der Waals surface area contributed by atoms with Crippen molar-refractivity contribution in [2.24, 2.45) is 0 Å². The first kappa shape index (κ1) is 17.3. The lowest BCUT2D eigenvalue weighted by Crippen LogP contribution is -2.39. The van der Waals surface area contributed by atoms with Crippen LogP contribution in [0.25, 0.3) is 0 Å². The van der Waals surface area contributed by atoms with Gasteiger partial charge in [0, 0.05) is 0 Å². The third-order valence-corrected chi connectivity index (χ3v) is 4.34. The van der Waals surface area contributed by atoms with Gasteiger partial charge in [-0.05, 0) is 68.0 Å². The fourth-order valence-corrected chi connectivity index (χ4v) is 3.04. The molecule has 2 aromatic carbocycles. The van der Waals surface area contributed by atoms with Gasteiger partial charge in [-0.2, -0.15) is 0 Å². The molecule has 0 aromatic heterocycles. The third kappa shape index (κ3) is 5.24. The maximum absolute atomic E-state index is 12.0. The van der Waals surface area contributed by atoms with Gasteiger partial charge >= 0.3 is 0 Å². The maximum atomic E-state index is 12.0. The second-order valence-corrected chi connectivity index (χ2v) is 6.52. The molecule has 0 fully saturated rings. The van der Waals surface area contributed by atoms with Crippen LogP contribution in [0.2, 0.25) is 0 Å².